The van der Waals surface area contributed by atoms with Crippen LogP contribution in [0.2, 0.25) is 10.0 Å². The van der Waals surface area contributed by atoms with E-state index in [-0.39, 0.29) is 17.6 Å². The summed E-state index contributed by atoms with van der Waals surface area (Å²) in [4.78, 5) is 21.4. The lowest BCUT2D eigenvalue weighted by atomic mass is 9.90. The van der Waals surface area contributed by atoms with Gasteiger partial charge in [0.25, 0.3) is 0 Å². The van der Waals surface area contributed by atoms with Crippen LogP contribution in [0.15, 0.2) is 79.4 Å². The van der Waals surface area contributed by atoms with E-state index < -0.39 is 58.3 Å². The second-order valence-electron chi connectivity index (χ2n) is 10.8. The quantitative estimate of drug-likeness (QED) is 0.0791. The fraction of sp³-hybridized carbons (Fsp3) is 0.222. The molecule has 0 amide bonds. The van der Waals surface area contributed by atoms with Gasteiger partial charge in [-0.2, -0.15) is 0 Å². The molecule has 4 nitrogen and oxygen atoms in total. The van der Waals surface area contributed by atoms with Gasteiger partial charge in [-0.15, -0.1) is 0 Å². The van der Waals surface area contributed by atoms with Gasteiger partial charge in [-0.05, 0) is 92.2 Å². The van der Waals surface area contributed by atoms with Crippen LogP contribution in [0.3, 0.4) is 0 Å². The highest BCUT2D eigenvalue weighted by Gasteiger charge is 2.24. The number of carbonyl (C=O) groups excluding carboxylic acids is 2. The maximum absolute atomic E-state index is 14.1. The topological polar surface area (TPSA) is 46.6 Å². The van der Waals surface area contributed by atoms with Gasteiger partial charge in [0.05, 0.1) is 5.56 Å². The molecule has 0 heterocycles. The molecule has 0 spiro atoms. The van der Waals surface area contributed by atoms with E-state index in [2.05, 4.69) is 11.3 Å². The molecule has 1 atom stereocenters. The summed E-state index contributed by atoms with van der Waals surface area (Å²) < 4.78 is 85.8. The molecule has 0 fully saturated rings. The number of esters is 2. The van der Waals surface area contributed by atoms with E-state index in [1.54, 1.807) is 48.5 Å². The zero-order valence-corrected chi connectivity index (χ0v) is 28.0. The number of carbonyl (C=O) groups is 2. The fourth-order valence-electron chi connectivity index (χ4n) is 4.51. The summed E-state index contributed by atoms with van der Waals surface area (Å²) in [7, 11) is 3.62. The van der Waals surface area contributed by atoms with Crippen LogP contribution in [-0.4, -0.2) is 37.5 Å². The largest absolute Gasteiger partial charge is 0.394 e. The van der Waals surface area contributed by atoms with E-state index in [4.69, 9.17) is 23.2 Å². The highest BCUT2D eigenvalue weighted by atomic mass is 35.5. The number of likely N-dealkylation sites (N-methyl/N-ethyl adjacent to an activating group) is 1. The molecule has 0 aliphatic rings. The predicted molar refractivity (Wildman–Crippen MR) is 176 cm³/mol. The summed E-state index contributed by atoms with van der Waals surface area (Å²) in [5.41, 5.74) is 1.24. The van der Waals surface area contributed by atoms with Crippen molar-refractivity contribution in [3.63, 3.8) is 0 Å². The molecule has 0 saturated heterocycles. The standard InChI is InChI=1S/C17H17ClF3N.C15H10ClF3.C4H6O3/c1-22(2)10-12(9-11-3-5-13(18)6-4-11)16-14(19)7-8-15(20)17(16)21;1-9(8-10-2-4-11(16)5-3-10)14-12(17)6-7-13(18)15(14)19;1-3(5)7-4(2)6/h3-8,12H,9-10H2,1-2H3;2-7H,1,8H2;1-2H3. The molecular formula is C36H33Cl2F6NO3. The van der Waals surface area contributed by atoms with Crippen LogP contribution in [0.4, 0.5) is 26.3 Å². The molecule has 256 valence electrons. The van der Waals surface area contributed by atoms with Crippen LogP contribution < -0.4 is 0 Å². The smallest absolute Gasteiger partial charge is 0.310 e. The third-order valence-electron chi connectivity index (χ3n) is 6.48. The number of hydrogen-bond acceptors (Lipinski definition) is 4. The lowest BCUT2D eigenvalue weighted by Gasteiger charge is -2.23. The van der Waals surface area contributed by atoms with Crippen molar-refractivity contribution < 1.29 is 40.7 Å². The van der Waals surface area contributed by atoms with Gasteiger partial charge >= 0.3 is 11.9 Å². The highest BCUT2D eigenvalue weighted by Crippen LogP contribution is 2.29. The van der Waals surface area contributed by atoms with E-state index in [1.807, 2.05) is 19.0 Å². The molecule has 48 heavy (non-hydrogen) atoms. The maximum Gasteiger partial charge on any atom is 0.310 e. The summed E-state index contributed by atoms with van der Waals surface area (Å²) >= 11 is 11.6. The molecule has 0 bridgehead atoms. The van der Waals surface area contributed by atoms with E-state index in [0.717, 1.165) is 35.4 Å². The van der Waals surface area contributed by atoms with Gasteiger partial charge in [-0.1, -0.05) is 54.0 Å². The second-order valence-corrected chi connectivity index (χ2v) is 11.6. The zero-order valence-electron chi connectivity index (χ0n) is 26.5. The first-order valence-electron chi connectivity index (χ1n) is 14.3. The number of allylic oxidation sites excluding steroid dienone is 1. The molecule has 0 radical (unpaired) electrons. The molecular weight excluding hydrogens is 679 g/mol. The van der Waals surface area contributed by atoms with Crippen LogP contribution in [0.5, 0.6) is 0 Å². The maximum atomic E-state index is 14.1. The van der Waals surface area contributed by atoms with Crippen molar-refractivity contribution in [2.45, 2.75) is 32.6 Å². The minimum absolute atomic E-state index is 0.178. The Morgan fingerprint density at radius 1 is 0.688 bits per heavy atom. The molecule has 4 rings (SSSR count). The molecule has 12 heteroatoms. The average molecular weight is 713 g/mol. The van der Waals surface area contributed by atoms with Crippen LogP contribution in [0, 0.1) is 34.9 Å². The summed E-state index contributed by atoms with van der Waals surface area (Å²) in [6, 6.07) is 17.3. The van der Waals surface area contributed by atoms with Crippen molar-refractivity contribution in [2.75, 3.05) is 20.6 Å². The Labute approximate surface area is 285 Å². The first-order chi connectivity index (χ1) is 22.5. The minimum atomic E-state index is -1.21. The van der Waals surface area contributed by atoms with Crippen molar-refractivity contribution >= 4 is 40.7 Å². The zero-order chi connectivity index (χ0) is 36.1. The molecule has 4 aromatic rings. The van der Waals surface area contributed by atoms with E-state index in [9.17, 15) is 35.9 Å². The molecule has 4 aromatic carbocycles. The van der Waals surface area contributed by atoms with Gasteiger partial charge in [0.15, 0.2) is 23.3 Å². The average Bonchev–Trinajstić information content (AvgIpc) is 2.99. The highest BCUT2D eigenvalue weighted by molar-refractivity contribution is 6.30. The van der Waals surface area contributed by atoms with Crippen LogP contribution in [0.25, 0.3) is 5.57 Å². The summed E-state index contributed by atoms with van der Waals surface area (Å²) in [5.74, 6) is -7.60. The van der Waals surface area contributed by atoms with Crippen molar-refractivity contribution in [1.82, 2.24) is 4.90 Å². The number of benzene rings is 4. The number of halogens is 8. The summed E-state index contributed by atoms with van der Waals surface area (Å²) in [6.45, 7) is 6.39. The van der Waals surface area contributed by atoms with Crippen molar-refractivity contribution in [3.05, 3.63) is 147 Å². The number of hydrogen-bond donors (Lipinski definition) is 0. The van der Waals surface area contributed by atoms with Gasteiger partial charge in [-0.3, -0.25) is 9.59 Å². The fourth-order valence-corrected chi connectivity index (χ4v) is 4.76. The van der Waals surface area contributed by atoms with E-state index in [1.165, 1.54) is 13.8 Å². The minimum Gasteiger partial charge on any atom is -0.394 e. The predicted octanol–water partition coefficient (Wildman–Crippen LogP) is 9.75. The molecule has 0 saturated carbocycles. The van der Waals surface area contributed by atoms with E-state index >= 15 is 0 Å². The van der Waals surface area contributed by atoms with Crippen molar-refractivity contribution in [1.29, 1.82) is 0 Å². The molecule has 0 aromatic heterocycles. The van der Waals surface area contributed by atoms with E-state index in [0.29, 0.717) is 23.0 Å². The first-order valence-corrected chi connectivity index (χ1v) is 15.0. The van der Waals surface area contributed by atoms with Crippen molar-refractivity contribution in [2.24, 2.45) is 0 Å². The lowest BCUT2D eigenvalue weighted by Crippen LogP contribution is -2.24. The van der Waals surface area contributed by atoms with Gasteiger partial charge < -0.3 is 9.64 Å². The Morgan fingerprint density at radius 3 is 1.58 bits per heavy atom. The Balaban J connectivity index is 0.000000281. The molecule has 0 N–H and O–H groups in total. The Hall–Kier alpha value is -4.12. The number of ether oxygens (including phenoxy) is 1. The Bertz CT molecular complexity index is 1700. The van der Waals surface area contributed by atoms with Gasteiger partial charge in [0.1, 0.15) is 11.6 Å². The van der Waals surface area contributed by atoms with Crippen LogP contribution >= 0.6 is 23.2 Å². The van der Waals surface area contributed by atoms with Gasteiger partial charge in [0.2, 0.25) is 0 Å². The summed E-state index contributed by atoms with van der Waals surface area (Å²) in [5, 5.41) is 1.16. The van der Waals surface area contributed by atoms with Crippen LogP contribution in [-0.2, 0) is 27.2 Å². The number of rotatable bonds is 8. The molecule has 0 aliphatic carbocycles. The van der Waals surface area contributed by atoms with Gasteiger partial charge in [-0.25, -0.2) is 26.3 Å². The Morgan fingerprint density at radius 2 is 1.12 bits per heavy atom. The first kappa shape index (κ1) is 40.1. The van der Waals surface area contributed by atoms with Gasteiger partial charge in [0, 0.05) is 41.9 Å². The monoisotopic (exact) mass is 711 g/mol. The summed E-state index contributed by atoms with van der Waals surface area (Å²) in [6.07, 6.45) is 0.612. The number of nitrogens with zero attached hydrogens (tertiary/aromatic N) is 1. The van der Waals surface area contributed by atoms with Crippen LogP contribution in [0.1, 0.15) is 42.0 Å². The second kappa shape index (κ2) is 19.0. The van der Waals surface area contributed by atoms with Crippen molar-refractivity contribution in [3.8, 4) is 0 Å². The SMILES string of the molecule is C=C(Cc1ccc(Cl)cc1)c1c(F)ccc(F)c1F.CC(=O)OC(C)=O.CN(C)CC(Cc1ccc(Cl)cc1)c1c(F)ccc(F)c1F. The Kier molecular flexibility index (Phi) is 15.9. The molecule has 1 unspecified atom stereocenters. The lowest BCUT2D eigenvalue weighted by molar-refractivity contribution is -0.156. The normalized spacial score (nSPS) is 11.1. The molecule has 0 aliphatic heterocycles. The third-order valence-corrected chi connectivity index (χ3v) is 6.99. The third kappa shape index (κ3) is 12.8.